The van der Waals surface area contributed by atoms with Crippen molar-refractivity contribution in [1.82, 2.24) is 0 Å². The van der Waals surface area contributed by atoms with Crippen LogP contribution in [-0.4, -0.2) is 83.0 Å². The number of aromatic hydroxyl groups is 1. The first-order valence-electron chi connectivity index (χ1n) is 12.3. The van der Waals surface area contributed by atoms with Crippen molar-refractivity contribution in [2.45, 2.75) is 95.4 Å². The first kappa shape index (κ1) is 33.7. The summed E-state index contributed by atoms with van der Waals surface area (Å²) in [5.41, 5.74) is 1.00. The van der Waals surface area contributed by atoms with Gasteiger partial charge in [-0.25, -0.2) is 0 Å². The number of aliphatic hydroxyl groups is 4. The summed E-state index contributed by atoms with van der Waals surface area (Å²) in [6.07, 6.45) is -0.937. The Labute approximate surface area is 239 Å². The summed E-state index contributed by atoms with van der Waals surface area (Å²) in [4.78, 5) is 11.4. The monoisotopic (exact) mass is 538 g/mol. The first-order chi connectivity index (χ1) is 17.2. The van der Waals surface area contributed by atoms with E-state index in [0.717, 1.165) is 51.4 Å². The number of carbonyl (C=O) groups excluding carboxylic acids is 1. The second-order valence-corrected chi connectivity index (χ2v) is 8.98. The summed E-state index contributed by atoms with van der Waals surface area (Å²) in [6, 6.07) is 0. The molecule has 37 heavy (non-hydrogen) atoms. The third-order valence-electron chi connectivity index (χ3n) is 6.49. The van der Waals surface area contributed by atoms with E-state index in [1.54, 1.807) is 6.92 Å². The Hall–Kier alpha value is -1.31. The summed E-state index contributed by atoms with van der Waals surface area (Å²) in [5, 5.41) is 61.4. The Bertz CT molecular complexity index is 851. The van der Waals surface area contributed by atoms with Crippen molar-refractivity contribution in [3.8, 4) is 23.0 Å². The molecule has 1 aromatic rings. The topological polar surface area (TPSA) is 178 Å². The van der Waals surface area contributed by atoms with Crippen LogP contribution in [0.25, 0.3) is 0 Å². The van der Waals surface area contributed by atoms with Gasteiger partial charge in [0.25, 0.3) is 0 Å². The van der Waals surface area contributed by atoms with Gasteiger partial charge in [-0.1, -0.05) is 38.5 Å². The second-order valence-electron chi connectivity index (χ2n) is 8.98. The van der Waals surface area contributed by atoms with Gasteiger partial charge in [0.15, 0.2) is 11.5 Å². The number of phenolic OH excluding ortho intramolecular Hbond substituents is 1. The molecule has 0 radical (unpaired) electrons. The maximum absolute atomic E-state index is 11.4. The number of carbonyl (C=O) groups is 1. The number of hydrogen-bond donors (Lipinski definition) is 5. The number of ether oxygens (including phenoxy) is 4. The molecule has 0 bridgehead atoms. The van der Waals surface area contributed by atoms with Crippen LogP contribution in [-0.2, 0) is 16.0 Å². The molecule has 206 valence electrons. The normalized spacial score (nSPS) is 23.3. The van der Waals surface area contributed by atoms with Gasteiger partial charge in [0.05, 0.1) is 20.2 Å². The van der Waals surface area contributed by atoms with Gasteiger partial charge in [-0.3, -0.25) is 0 Å². The smallest absolute Gasteiger partial charge is 0.547 e. The predicted octanol–water partition coefficient (Wildman–Crippen LogP) is -2.69. The van der Waals surface area contributed by atoms with Crippen molar-refractivity contribution in [3.05, 3.63) is 11.1 Å². The number of hydrogen-bond acceptors (Lipinski definition) is 11. The summed E-state index contributed by atoms with van der Waals surface area (Å²) < 4.78 is 21.8. The molecule has 0 amide bonds. The molecule has 0 aliphatic carbocycles. The van der Waals surface area contributed by atoms with E-state index in [2.05, 4.69) is 0 Å². The number of unbranched alkanes of at least 4 members (excludes halogenated alkanes) is 7. The van der Waals surface area contributed by atoms with Gasteiger partial charge in [-0.2, -0.15) is 0 Å². The van der Waals surface area contributed by atoms with Crippen LogP contribution in [0.15, 0.2) is 0 Å². The number of carboxylic acids is 1. The van der Waals surface area contributed by atoms with E-state index in [1.807, 2.05) is 0 Å². The van der Waals surface area contributed by atoms with E-state index in [9.17, 15) is 30.3 Å². The fraction of sp³-hybridized carbons (Fsp3) is 0.720. The fourth-order valence-corrected chi connectivity index (χ4v) is 4.36. The van der Waals surface area contributed by atoms with Crippen molar-refractivity contribution in [2.24, 2.45) is 0 Å². The van der Waals surface area contributed by atoms with Crippen molar-refractivity contribution in [2.75, 3.05) is 20.8 Å². The van der Waals surface area contributed by atoms with Crippen molar-refractivity contribution >= 4 is 5.97 Å². The molecule has 12 heteroatoms. The molecule has 0 saturated carbocycles. The first-order valence-corrected chi connectivity index (χ1v) is 12.3. The Morgan fingerprint density at radius 1 is 0.865 bits per heavy atom. The molecule has 1 saturated heterocycles. The van der Waals surface area contributed by atoms with Crippen LogP contribution < -0.4 is 48.9 Å². The minimum atomic E-state index is -1.93. The second kappa shape index (κ2) is 16.6. The number of aliphatic hydroxyl groups excluding tert-OH is 4. The Morgan fingerprint density at radius 3 is 1.92 bits per heavy atom. The molecule has 1 aromatic carbocycles. The minimum absolute atomic E-state index is 0. The molecule has 1 aliphatic rings. The zero-order valence-corrected chi connectivity index (χ0v) is 24.1. The third kappa shape index (κ3) is 8.59. The largest absolute Gasteiger partial charge is 1.00 e. The molecule has 2 rings (SSSR count). The van der Waals surface area contributed by atoms with Gasteiger partial charge in [0, 0.05) is 17.7 Å². The van der Waals surface area contributed by atoms with Crippen LogP contribution in [0.2, 0.25) is 0 Å². The maximum Gasteiger partial charge on any atom is 1.00 e. The van der Waals surface area contributed by atoms with Gasteiger partial charge >= 0.3 is 29.6 Å². The Kier molecular flexibility index (Phi) is 15.1. The maximum atomic E-state index is 11.4. The van der Waals surface area contributed by atoms with E-state index in [1.165, 1.54) is 14.2 Å². The summed E-state index contributed by atoms with van der Waals surface area (Å²) in [5.74, 6) is -1.85. The van der Waals surface area contributed by atoms with Gasteiger partial charge in [0.1, 0.15) is 24.4 Å². The van der Waals surface area contributed by atoms with E-state index < -0.39 is 36.7 Å². The van der Waals surface area contributed by atoms with Crippen LogP contribution in [0.3, 0.4) is 0 Å². The third-order valence-corrected chi connectivity index (χ3v) is 6.49. The molecule has 1 aliphatic heterocycles. The van der Waals surface area contributed by atoms with E-state index in [-0.39, 0.29) is 59.2 Å². The van der Waals surface area contributed by atoms with Gasteiger partial charge < -0.3 is 54.4 Å². The van der Waals surface area contributed by atoms with Crippen LogP contribution in [0.5, 0.6) is 23.0 Å². The van der Waals surface area contributed by atoms with Crippen LogP contribution in [0, 0.1) is 6.92 Å². The number of carboxylic acid groups (broad SMARTS) is 1. The molecule has 11 nitrogen and oxygen atoms in total. The van der Waals surface area contributed by atoms with Gasteiger partial charge in [-0.05, 0) is 26.2 Å². The summed E-state index contributed by atoms with van der Waals surface area (Å²) >= 11 is 0. The standard InChI is InChI=1S/C25H40O11.Na/c1-14-15(12-10-8-6-4-5-7-9-11-13-26)20(23(34-3)21(33-2)16(14)27)35-25-19(30)17(28)18(29)22(36-25)24(31)32;/h17-19,22,25-30H,4-13H2,1-3H3,(H,31,32);/q;+1/p-1/t17-,18-,19+,22-,25+;/m1./s1. The molecular weight excluding hydrogens is 499 g/mol. The Balaban J connectivity index is 0.00000684. The van der Waals surface area contributed by atoms with E-state index >= 15 is 0 Å². The van der Waals surface area contributed by atoms with Crippen molar-refractivity contribution in [3.63, 3.8) is 0 Å². The van der Waals surface area contributed by atoms with Crippen LogP contribution >= 0.6 is 0 Å². The van der Waals surface area contributed by atoms with Gasteiger partial charge in [-0.15, -0.1) is 0 Å². The quantitative estimate of drug-likeness (QED) is 0.116. The average molecular weight is 539 g/mol. The SMILES string of the molecule is COc1c(O)c(C)c(CCCCCCCCCCO)c(O[C@H]2O[C@@H](C(=O)[O-])[C@H](O)[C@@H](O)[C@@H]2O)c1OC.[Na+]. The molecule has 0 unspecified atom stereocenters. The molecule has 5 atom stereocenters. The molecular formula is C25H39NaO11. The van der Waals surface area contributed by atoms with E-state index in [0.29, 0.717) is 17.5 Å². The summed E-state index contributed by atoms with van der Waals surface area (Å²) in [6.45, 7) is 1.89. The number of phenols is 1. The number of rotatable bonds is 15. The molecule has 1 fully saturated rings. The minimum Gasteiger partial charge on any atom is -0.547 e. The fourth-order valence-electron chi connectivity index (χ4n) is 4.36. The van der Waals surface area contributed by atoms with Gasteiger partial charge in [0.2, 0.25) is 17.8 Å². The average Bonchev–Trinajstić information content (AvgIpc) is 2.86. The van der Waals surface area contributed by atoms with Crippen molar-refractivity contribution < 1.29 is 83.9 Å². The van der Waals surface area contributed by atoms with E-state index in [4.69, 9.17) is 24.1 Å². The zero-order valence-electron chi connectivity index (χ0n) is 22.1. The molecule has 0 spiro atoms. The molecule has 0 aromatic heterocycles. The Morgan fingerprint density at radius 2 is 1.41 bits per heavy atom. The molecule has 5 N–H and O–H groups in total. The van der Waals surface area contributed by atoms with Crippen LogP contribution in [0.4, 0.5) is 0 Å². The zero-order chi connectivity index (χ0) is 26.8. The summed E-state index contributed by atoms with van der Waals surface area (Å²) in [7, 11) is 2.67. The number of benzene rings is 1. The van der Waals surface area contributed by atoms with Crippen molar-refractivity contribution in [1.29, 1.82) is 0 Å². The number of aliphatic carboxylic acids is 1. The molecule has 1 heterocycles. The number of methoxy groups -OCH3 is 2. The van der Waals surface area contributed by atoms with Crippen LogP contribution in [0.1, 0.15) is 62.5 Å². The predicted molar refractivity (Wildman–Crippen MR) is 126 cm³/mol.